The van der Waals surface area contributed by atoms with E-state index in [2.05, 4.69) is 5.32 Å². The van der Waals surface area contributed by atoms with E-state index in [1.54, 1.807) is 30.5 Å². The maximum absolute atomic E-state index is 12.3. The molecule has 0 atom stereocenters. The fourth-order valence-electron chi connectivity index (χ4n) is 2.89. The summed E-state index contributed by atoms with van der Waals surface area (Å²) in [6.45, 7) is 2.74. The maximum Gasteiger partial charge on any atom is 0.240 e. The number of amides is 1. The van der Waals surface area contributed by atoms with Crippen LogP contribution in [-0.2, 0) is 11.3 Å². The Morgan fingerprint density at radius 3 is 2.59 bits per heavy atom. The lowest BCUT2D eigenvalue weighted by atomic mass is 10.1. The monoisotopic (exact) mass is 384 g/mol. The zero-order chi connectivity index (χ0) is 19.2. The number of benzene rings is 2. The number of rotatable bonds is 8. The Labute approximate surface area is 162 Å². The molecule has 140 valence electrons. The van der Waals surface area contributed by atoms with Crippen LogP contribution in [-0.4, -0.2) is 29.4 Å². The van der Waals surface area contributed by atoms with E-state index >= 15 is 0 Å². The Bertz CT molecular complexity index is 948. The minimum atomic E-state index is -0.133. The fourth-order valence-corrected chi connectivity index (χ4v) is 3.02. The lowest BCUT2D eigenvalue weighted by Crippen LogP contribution is -2.31. The topological polar surface area (TPSA) is 60.3 Å². The number of nitrogens with one attached hydrogen (secondary N) is 1. The summed E-state index contributed by atoms with van der Waals surface area (Å²) in [5.41, 5.74) is 1.54. The molecule has 3 rings (SSSR count). The van der Waals surface area contributed by atoms with E-state index in [1.165, 1.54) is 0 Å². The number of carbonyl (C=O) groups is 2. The van der Waals surface area contributed by atoms with Crippen LogP contribution in [0.3, 0.4) is 0 Å². The first kappa shape index (κ1) is 19.0. The first-order valence-electron chi connectivity index (χ1n) is 8.84. The van der Waals surface area contributed by atoms with Crippen LogP contribution >= 0.6 is 11.6 Å². The second-order valence-corrected chi connectivity index (χ2v) is 6.55. The van der Waals surface area contributed by atoms with E-state index in [1.807, 2.05) is 35.8 Å². The molecule has 0 aliphatic carbocycles. The highest BCUT2D eigenvalue weighted by Crippen LogP contribution is 2.22. The third kappa shape index (κ3) is 4.68. The van der Waals surface area contributed by atoms with Crippen LogP contribution in [0.5, 0.6) is 5.75 Å². The quantitative estimate of drug-likeness (QED) is 0.470. The zero-order valence-corrected chi connectivity index (χ0v) is 15.8. The lowest BCUT2D eigenvalue weighted by molar-refractivity contribution is -0.121. The average Bonchev–Trinajstić information content (AvgIpc) is 3.04. The van der Waals surface area contributed by atoms with Gasteiger partial charge in [-0.2, -0.15) is 0 Å². The summed E-state index contributed by atoms with van der Waals surface area (Å²) in [4.78, 5) is 24.4. The van der Waals surface area contributed by atoms with Gasteiger partial charge >= 0.3 is 0 Å². The molecule has 0 fully saturated rings. The van der Waals surface area contributed by atoms with E-state index in [9.17, 15) is 9.59 Å². The van der Waals surface area contributed by atoms with Crippen molar-refractivity contribution in [3.05, 3.63) is 65.3 Å². The van der Waals surface area contributed by atoms with E-state index in [4.69, 9.17) is 16.3 Å². The fraction of sp³-hybridized carbons (Fsp3) is 0.238. The van der Waals surface area contributed by atoms with Crippen molar-refractivity contribution in [2.75, 3.05) is 13.2 Å². The van der Waals surface area contributed by atoms with Gasteiger partial charge in [0, 0.05) is 34.1 Å². The summed E-state index contributed by atoms with van der Waals surface area (Å²) in [7, 11) is 0. The summed E-state index contributed by atoms with van der Waals surface area (Å²) in [6, 6.07) is 14.7. The highest BCUT2D eigenvalue weighted by atomic mass is 35.5. The Morgan fingerprint density at radius 2 is 1.85 bits per heavy atom. The van der Waals surface area contributed by atoms with Crippen molar-refractivity contribution < 1.29 is 14.3 Å². The number of carbonyl (C=O) groups excluding carboxylic acids is 2. The molecule has 1 N–H and O–H groups in total. The van der Waals surface area contributed by atoms with Gasteiger partial charge in [-0.15, -0.1) is 0 Å². The van der Waals surface area contributed by atoms with Crippen molar-refractivity contribution in [1.29, 1.82) is 0 Å². The van der Waals surface area contributed by atoms with Gasteiger partial charge in [-0.25, -0.2) is 0 Å². The summed E-state index contributed by atoms with van der Waals surface area (Å²) < 4.78 is 7.37. The Kier molecular flexibility index (Phi) is 6.14. The first-order valence-corrected chi connectivity index (χ1v) is 9.22. The van der Waals surface area contributed by atoms with Crippen LogP contribution in [0.15, 0.2) is 54.7 Å². The highest BCUT2D eigenvalue weighted by molar-refractivity contribution is 6.30. The molecule has 1 aromatic heterocycles. The van der Waals surface area contributed by atoms with Crippen LogP contribution in [0, 0.1) is 0 Å². The van der Waals surface area contributed by atoms with Gasteiger partial charge < -0.3 is 14.6 Å². The van der Waals surface area contributed by atoms with Crippen LogP contribution in [0.1, 0.15) is 23.7 Å². The minimum Gasteiger partial charge on any atom is -0.492 e. The number of ketones is 1. The lowest BCUT2D eigenvalue weighted by Gasteiger charge is -2.09. The summed E-state index contributed by atoms with van der Waals surface area (Å²) in [5.74, 6) is 0.639. The normalized spacial score (nSPS) is 10.7. The smallest absolute Gasteiger partial charge is 0.240 e. The van der Waals surface area contributed by atoms with E-state index in [0.29, 0.717) is 35.9 Å². The molecular formula is C21H21ClN2O3. The largest absolute Gasteiger partial charge is 0.492 e. The number of Topliss-reactive ketones (excluding diaryl/α,β-unsaturated/α-hetero) is 1. The van der Waals surface area contributed by atoms with E-state index in [-0.39, 0.29) is 18.2 Å². The summed E-state index contributed by atoms with van der Waals surface area (Å²) in [6.07, 6.45) is 2.20. The number of halogens is 1. The SMILES string of the molecule is CCC(=O)c1cn(CC(=O)NCCOc2ccc(Cl)cc2)c2ccccc12. The van der Waals surface area contributed by atoms with Gasteiger partial charge in [0.25, 0.3) is 0 Å². The Morgan fingerprint density at radius 1 is 1.11 bits per heavy atom. The van der Waals surface area contributed by atoms with Crippen LogP contribution in [0.4, 0.5) is 0 Å². The second-order valence-electron chi connectivity index (χ2n) is 6.12. The van der Waals surface area contributed by atoms with Crippen molar-refractivity contribution in [2.45, 2.75) is 19.9 Å². The number of para-hydroxylation sites is 1. The molecule has 1 heterocycles. The number of aromatic nitrogens is 1. The number of nitrogens with zero attached hydrogens (tertiary/aromatic N) is 1. The molecule has 0 aliphatic heterocycles. The average molecular weight is 385 g/mol. The van der Waals surface area contributed by atoms with E-state index in [0.717, 1.165) is 10.9 Å². The van der Waals surface area contributed by atoms with Gasteiger partial charge in [0.15, 0.2) is 5.78 Å². The molecule has 0 radical (unpaired) electrons. The molecule has 5 nitrogen and oxygen atoms in total. The van der Waals surface area contributed by atoms with Gasteiger partial charge in [0.1, 0.15) is 18.9 Å². The van der Waals surface area contributed by atoms with Gasteiger partial charge in [-0.05, 0) is 30.3 Å². The molecule has 0 unspecified atom stereocenters. The number of hydrogen-bond acceptors (Lipinski definition) is 3. The van der Waals surface area contributed by atoms with Crippen molar-refractivity contribution in [2.24, 2.45) is 0 Å². The van der Waals surface area contributed by atoms with Gasteiger partial charge in [-0.1, -0.05) is 36.7 Å². The first-order chi connectivity index (χ1) is 13.1. The van der Waals surface area contributed by atoms with Crippen molar-refractivity contribution in [3.8, 4) is 5.75 Å². The third-order valence-corrected chi connectivity index (χ3v) is 4.48. The zero-order valence-electron chi connectivity index (χ0n) is 15.1. The van der Waals surface area contributed by atoms with Gasteiger partial charge in [-0.3, -0.25) is 9.59 Å². The van der Waals surface area contributed by atoms with Crippen LogP contribution in [0.25, 0.3) is 10.9 Å². The molecule has 3 aromatic rings. The standard InChI is InChI=1S/C21H21ClN2O3/c1-2-20(25)18-13-24(19-6-4-3-5-17(18)19)14-21(26)23-11-12-27-16-9-7-15(22)8-10-16/h3-10,13H,2,11-12,14H2,1H3,(H,23,26). The number of fused-ring (bicyclic) bond motifs is 1. The molecule has 1 amide bonds. The molecular weight excluding hydrogens is 364 g/mol. The molecule has 0 saturated carbocycles. The molecule has 0 spiro atoms. The minimum absolute atomic E-state index is 0.0710. The molecule has 0 bridgehead atoms. The van der Waals surface area contributed by atoms with Crippen LogP contribution in [0.2, 0.25) is 5.02 Å². The third-order valence-electron chi connectivity index (χ3n) is 4.23. The number of ether oxygens (including phenoxy) is 1. The molecule has 0 aliphatic rings. The van der Waals surface area contributed by atoms with Gasteiger partial charge in [0.05, 0.1) is 6.54 Å². The van der Waals surface area contributed by atoms with Crippen molar-refractivity contribution in [1.82, 2.24) is 9.88 Å². The van der Waals surface area contributed by atoms with Crippen molar-refractivity contribution >= 4 is 34.2 Å². The predicted octanol–water partition coefficient (Wildman–Crippen LogP) is 4.08. The molecule has 0 saturated heterocycles. The highest BCUT2D eigenvalue weighted by Gasteiger charge is 2.14. The Balaban J connectivity index is 1.57. The predicted molar refractivity (Wildman–Crippen MR) is 107 cm³/mol. The molecule has 27 heavy (non-hydrogen) atoms. The Hall–Kier alpha value is -2.79. The van der Waals surface area contributed by atoms with Crippen molar-refractivity contribution in [3.63, 3.8) is 0 Å². The maximum atomic E-state index is 12.3. The van der Waals surface area contributed by atoms with Gasteiger partial charge in [0.2, 0.25) is 5.91 Å². The number of hydrogen-bond donors (Lipinski definition) is 1. The summed E-state index contributed by atoms with van der Waals surface area (Å²) >= 11 is 5.83. The van der Waals surface area contributed by atoms with Crippen LogP contribution < -0.4 is 10.1 Å². The molecule has 6 heteroatoms. The molecule has 2 aromatic carbocycles. The second kappa shape index (κ2) is 8.73. The summed E-state index contributed by atoms with van der Waals surface area (Å²) in [5, 5.41) is 4.36. The van der Waals surface area contributed by atoms with E-state index < -0.39 is 0 Å².